The van der Waals surface area contributed by atoms with Crippen molar-refractivity contribution >= 4 is 5.78 Å². The van der Waals surface area contributed by atoms with Gasteiger partial charge in [-0.1, -0.05) is 6.92 Å². The van der Waals surface area contributed by atoms with Crippen molar-refractivity contribution in [1.82, 2.24) is 0 Å². The van der Waals surface area contributed by atoms with Crippen LogP contribution in [-0.2, 0) is 0 Å². The molecule has 0 aliphatic heterocycles. The Morgan fingerprint density at radius 3 is 1.47 bits per heavy atom. The van der Waals surface area contributed by atoms with Crippen LogP contribution >= 0.6 is 0 Å². The monoisotopic (exact) mass is 204 g/mol. The van der Waals surface area contributed by atoms with E-state index in [1.54, 1.807) is 0 Å². The van der Waals surface area contributed by atoms with Gasteiger partial charge in [-0.05, 0) is 62.4 Å². The van der Waals surface area contributed by atoms with Crippen molar-refractivity contribution in [3.05, 3.63) is 33.4 Å². The maximum absolute atomic E-state index is 11.9. The van der Waals surface area contributed by atoms with Crippen LogP contribution in [0, 0.1) is 34.6 Å². The van der Waals surface area contributed by atoms with Crippen LogP contribution in [0.5, 0.6) is 0 Å². The Morgan fingerprint density at radius 1 is 0.800 bits per heavy atom. The summed E-state index contributed by atoms with van der Waals surface area (Å²) in [5, 5.41) is 0. The van der Waals surface area contributed by atoms with E-state index in [9.17, 15) is 4.79 Å². The molecule has 1 heteroatoms. The van der Waals surface area contributed by atoms with Crippen molar-refractivity contribution in [2.75, 3.05) is 0 Å². The third-order valence-electron chi connectivity index (χ3n) is 3.60. The molecule has 0 spiro atoms. The molecule has 0 unspecified atom stereocenters. The van der Waals surface area contributed by atoms with Gasteiger partial charge in [0.2, 0.25) is 0 Å². The van der Waals surface area contributed by atoms with Crippen molar-refractivity contribution in [2.24, 2.45) is 0 Å². The third-order valence-corrected chi connectivity index (χ3v) is 3.60. The molecule has 1 aromatic carbocycles. The van der Waals surface area contributed by atoms with Gasteiger partial charge in [-0.15, -0.1) is 0 Å². The third kappa shape index (κ3) is 1.83. The van der Waals surface area contributed by atoms with Crippen LogP contribution in [0.4, 0.5) is 0 Å². The van der Waals surface area contributed by atoms with E-state index < -0.39 is 0 Å². The van der Waals surface area contributed by atoms with Crippen LogP contribution in [-0.4, -0.2) is 5.78 Å². The number of Topliss-reactive ketones (excluding diaryl/α,β-unsaturated/α-hetero) is 1. The smallest absolute Gasteiger partial charge is 0.163 e. The highest BCUT2D eigenvalue weighted by molar-refractivity contribution is 5.99. The zero-order valence-corrected chi connectivity index (χ0v) is 10.6. The van der Waals surface area contributed by atoms with E-state index >= 15 is 0 Å². The lowest BCUT2D eigenvalue weighted by Gasteiger charge is -2.17. The van der Waals surface area contributed by atoms with Crippen molar-refractivity contribution in [2.45, 2.75) is 48.0 Å². The second-order valence-electron chi connectivity index (χ2n) is 4.28. The molecule has 0 aromatic heterocycles. The van der Waals surface area contributed by atoms with E-state index in [-0.39, 0.29) is 5.78 Å². The first kappa shape index (κ1) is 12.0. The second-order valence-corrected chi connectivity index (χ2v) is 4.28. The van der Waals surface area contributed by atoms with Gasteiger partial charge in [0.1, 0.15) is 0 Å². The van der Waals surface area contributed by atoms with Crippen molar-refractivity contribution < 1.29 is 4.79 Å². The van der Waals surface area contributed by atoms with Gasteiger partial charge < -0.3 is 0 Å². The molecule has 0 aliphatic rings. The summed E-state index contributed by atoms with van der Waals surface area (Å²) in [4.78, 5) is 11.9. The molecule has 0 bridgehead atoms. The van der Waals surface area contributed by atoms with Gasteiger partial charge in [-0.25, -0.2) is 0 Å². The van der Waals surface area contributed by atoms with E-state index in [0.717, 1.165) is 16.7 Å². The fourth-order valence-corrected chi connectivity index (χ4v) is 2.10. The van der Waals surface area contributed by atoms with Crippen molar-refractivity contribution in [3.63, 3.8) is 0 Å². The lowest BCUT2D eigenvalue weighted by atomic mass is 9.87. The molecule has 1 rings (SSSR count). The molecule has 15 heavy (non-hydrogen) atoms. The number of carbonyl (C=O) groups is 1. The molecule has 82 valence electrons. The predicted molar refractivity (Wildman–Crippen MR) is 64.7 cm³/mol. The molecule has 0 atom stereocenters. The Bertz CT molecular complexity index is 385. The first-order valence-corrected chi connectivity index (χ1v) is 5.51. The maximum atomic E-state index is 11.9. The highest BCUT2D eigenvalue weighted by Gasteiger charge is 2.16. The normalized spacial score (nSPS) is 10.5. The van der Waals surface area contributed by atoms with Crippen LogP contribution in [0.2, 0.25) is 0 Å². The van der Waals surface area contributed by atoms with Crippen LogP contribution in [0.25, 0.3) is 0 Å². The van der Waals surface area contributed by atoms with Gasteiger partial charge in [-0.3, -0.25) is 4.79 Å². The summed E-state index contributed by atoms with van der Waals surface area (Å²) >= 11 is 0. The fraction of sp³-hybridized carbons (Fsp3) is 0.500. The summed E-state index contributed by atoms with van der Waals surface area (Å²) in [5.41, 5.74) is 7.09. The van der Waals surface area contributed by atoms with E-state index in [1.807, 2.05) is 6.92 Å². The zero-order chi connectivity index (χ0) is 11.7. The molecule has 0 fully saturated rings. The maximum Gasteiger partial charge on any atom is 0.163 e. The van der Waals surface area contributed by atoms with Crippen LogP contribution in [0.3, 0.4) is 0 Å². The number of hydrogen-bond donors (Lipinski definition) is 0. The molecular formula is C14H20O. The Balaban J connectivity index is 3.60. The molecule has 0 heterocycles. The minimum absolute atomic E-state index is 0.260. The van der Waals surface area contributed by atoms with Gasteiger partial charge in [-0.2, -0.15) is 0 Å². The lowest BCUT2D eigenvalue weighted by molar-refractivity contribution is 0.0987. The zero-order valence-electron chi connectivity index (χ0n) is 10.6. The van der Waals surface area contributed by atoms with Crippen LogP contribution < -0.4 is 0 Å². The number of ketones is 1. The summed E-state index contributed by atoms with van der Waals surface area (Å²) in [6.45, 7) is 12.4. The molecule has 0 radical (unpaired) electrons. The summed E-state index contributed by atoms with van der Waals surface area (Å²) in [6, 6.07) is 0. The molecular weight excluding hydrogens is 184 g/mol. The van der Waals surface area contributed by atoms with Gasteiger partial charge in [0, 0.05) is 12.0 Å². The Hall–Kier alpha value is -1.11. The first-order valence-electron chi connectivity index (χ1n) is 5.51. The standard InChI is InChI=1S/C14H20O/c1-7-13(15)14-11(5)9(3)8(2)10(4)12(14)6/h7H2,1-6H3. The molecule has 0 N–H and O–H groups in total. The fourth-order valence-electron chi connectivity index (χ4n) is 2.10. The molecule has 0 saturated carbocycles. The van der Waals surface area contributed by atoms with Gasteiger partial charge >= 0.3 is 0 Å². The first-order chi connectivity index (χ1) is 6.91. The molecule has 1 nitrogen and oxygen atoms in total. The lowest BCUT2D eigenvalue weighted by Crippen LogP contribution is -2.08. The van der Waals surface area contributed by atoms with E-state index in [2.05, 4.69) is 34.6 Å². The molecule has 1 aromatic rings. The highest BCUT2D eigenvalue weighted by atomic mass is 16.1. The summed E-state index contributed by atoms with van der Waals surface area (Å²) in [7, 11) is 0. The Morgan fingerprint density at radius 2 is 1.13 bits per heavy atom. The SMILES string of the molecule is CCC(=O)c1c(C)c(C)c(C)c(C)c1C. The summed E-state index contributed by atoms with van der Waals surface area (Å²) in [6.07, 6.45) is 0.587. The Labute approximate surface area is 92.5 Å². The number of rotatable bonds is 2. The van der Waals surface area contributed by atoms with Crippen LogP contribution in [0.15, 0.2) is 0 Å². The van der Waals surface area contributed by atoms with E-state index in [0.29, 0.717) is 6.42 Å². The number of carbonyl (C=O) groups excluding carboxylic acids is 1. The summed E-state index contributed by atoms with van der Waals surface area (Å²) < 4.78 is 0. The second kappa shape index (κ2) is 4.18. The van der Waals surface area contributed by atoms with Gasteiger partial charge in [0.05, 0.1) is 0 Å². The van der Waals surface area contributed by atoms with Gasteiger partial charge in [0.25, 0.3) is 0 Å². The van der Waals surface area contributed by atoms with Crippen LogP contribution in [0.1, 0.15) is 51.5 Å². The minimum atomic E-state index is 0.260. The molecule has 0 aliphatic carbocycles. The topological polar surface area (TPSA) is 17.1 Å². The average Bonchev–Trinajstić information content (AvgIpc) is 2.23. The Kier molecular flexibility index (Phi) is 3.33. The molecule has 0 saturated heterocycles. The largest absolute Gasteiger partial charge is 0.294 e. The minimum Gasteiger partial charge on any atom is -0.294 e. The quantitative estimate of drug-likeness (QED) is 0.669. The number of benzene rings is 1. The molecule has 0 amide bonds. The average molecular weight is 204 g/mol. The van der Waals surface area contributed by atoms with E-state index in [1.165, 1.54) is 16.7 Å². The van der Waals surface area contributed by atoms with Gasteiger partial charge in [0.15, 0.2) is 5.78 Å². The van der Waals surface area contributed by atoms with Crippen molar-refractivity contribution in [1.29, 1.82) is 0 Å². The van der Waals surface area contributed by atoms with E-state index in [4.69, 9.17) is 0 Å². The number of hydrogen-bond acceptors (Lipinski definition) is 1. The van der Waals surface area contributed by atoms with Crippen molar-refractivity contribution in [3.8, 4) is 0 Å². The summed E-state index contributed by atoms with van der Waals surface area (Å²) in [5.74, 6) is 0.260. The highest BCUT2D eigenvalue weighted by Crippen LogP contribution is 2.26. The predicted octanol–water partition coefficient (Wildman–Crippen LogP) is 3.82.